The minimum absolute atomic E-state index is 0.309. The highest BCUT2D eigenvalue weighted by Gasteiger charge is 2.13. The minimum atomic E-state index is 0.309. The van der Waals surface area contributed by atoms with Crippen LogP contribution >= 0.6 is 11.6 Å². The van der Waals surface area contributed by atoms with Gasteiger partial charge in [0.25, 0.3) is 0 Å². The van der Waals surface area contributed by atoms with E-state index >= 15 is 0 Å². The van der Waals surface area contributed by atoms with Gasteiger partial charge in [-0.25, -0.2) is 0 Å². The quantitative estimate of drug-likeness (QED) is 0.671. The van der Waals surface area contributed by atoms with Crippen LogP contribution in [0.3, 0.4) is 0 Å². The van der Waals surface area contributed by atoms with E-state index in [1.807, 2.05) is 25.1 Å². The zero-order valence-corrected chi connectivity index (χ0v) is 13.6. The molecule has 0 aliphatic heterocycles. The average Bonchev–Trinajstić information content (AvgIpc) is 2.44. The van der Waals surface area contributed by atoms with Crippen molar-refractivity contribution >= 4 is 11.6 Å². The van der Waals surface area contributed by atoms with Gasteiger partial charge in [0.15, 0.2) is 0 Å². The zero-order valence-electron chi connectivity index (χ0n) is 12.9. The van der Waals surface area contributed by atoms with Crippen LogP contribution in [0, 0.1) is 0 Å². The maximum atomic E-state index is 6.30. The summed E-state index contributed by atoms with van der Waals surface area (Å²) in [5, 5.41) is 4.36. The predicted octanol–water partition coefficient (Wildman–Crippen LogP) is 3.35. The third kappa shape index (κ3) is 6.23. The Kier molecular flexibility index (Phi) is 8.86. The summed E-state index contributed by atoms with van der Waals surface area (Å²) in [6.45, 7) is 8.67. The summed E-state index contributed by atoms with van der Waals surface area (Å²) in [5.74, 6) is 0. The first-order chi connectivity index (χ1) is 9.69. The van der Waals surface area contributed by atoms with Crippen LogP contribution in [0.4, 0.5) is 0 Å². The molecule has 0 aliphatic rings. The Morgan fingerprint density at radius 2 is 2.00 bits per heavy atom. The van der Waals surface area contributed by atoms with Gasteiger partial charge in [-0.3, -0.25) is 0 Å². The molecule has 0 saturated heterocycles. The van der Waals surface area contributed by atoms with Crippen molar-refractivity contribution in [2.24, 2.45) is 0 Å². The second-order valence-corrected chi connectivity index (χ2v) is 5.33. The highest BCUT2D eigenvalue weighted by molar-refractivity contribution is 6.31. The van der Waals surface area contributed by atoms with Crippen LogP contribution in [0.2, 0.25) is 5.02 Å². The molecule has 0 amide bonds. The Labute approximate surface area is 128 Å². The highest BCUT2D eigenvalue weighted by Crippen LogP contribution is 2.25. The lowest BCUT2D eigenvalue weighted by Crippen LogP contribution is -2.29. The van der Waals surface area contributed by atoms with Crippen LogP contribution in [0.1, 0.15) is 31.9 Å². The van der Waals surface area contributed by atoms with Crippen molar-refractivity contribution in [2.45, 2.75) is 26.3 Å². The van der Waals surface area contributed by atoms with E-state index in [4.69, 9.17) is 16.3 Å². The lowest BCUT2D eigenvalue weighted by molar-refractivity contribution is 0.121. The Morgan fingerprint density at radius 1 is 1.25 bits per heavy atom. The fourth-order valence-electron chi connectivity index (χ4n) is 2.20. The molecule has 1 atom stereocenters. The molecule has 4 heteroatoms. The summed E-state index contributed by atoms with van der Waals surface area (Å²) in [4.78, 5) is 2.30. The van der Waals surface area contributed by atoms with Gasteiger partial charge in [-0.1, -0.05) is 36.7 Å². The van der Waals surface area contributed by atoms with Gasteiger partial charge in [0, 0.05) is 24.2 Å². The van der Waals surface area contributed by atoms with Crippen LogP contribution in [0.5, 0.6) is 0 Å². The van der Waals surface area contributed by atoms with E-state index < -0.39 is 0 Å². The number of rotatable bonds is 10. The molecule has 1 unspecified atom stereocenters. The molecule has 0 fully saturated rings. The maximum absolute atomic E-state index is 6.30. The van der Waals surface area contributed by atoms with E-state index in [0.717, 1.165) is 44.3 Å². The lowest BCUT2D eigenvalue weighted by atomic mass is 10.0. The number of nitrogens with one attached hydrogen (secondary N) is 1. The SMILES string of the molecule is CCNC(CCN(C)CCOCC)c1ccccc1Cl. The number of likely N-dealkylation sites (N-methyl/N-ethyl adjacent to an activating group) is 1. The summed E-state index contributed by atoms with van der Waals surface area (Å²) >= 11 is 6.30. The number of hydrogen-bond acceptors (Lipinski definition) is 3. The molecule has 0 bridgehead atoms. The van der Waals surface area contributed by atoms with Gasteiger partial charge in [-0.2, -0.15) is 0 Å². The summed E-state index contributed by atoms with van der Waals surface area (Å²) in [7, 11) is 2.13. The van der Waals surface area contributed by atoms with Gasteiger partial charge in [-0.05, 0) is 45.1 Å². The van der Waals surface area contributed by atoms with Gasteiger partial charge >= 0.3 is 0 Å². The van der Waals surface area contributed by atoms with Crippen LogP contribution in [-0.2, 0) is 4.74 Å². The van der Waals surface area contributed by atoms with Gasteiger partial charge < -0.3 is 15.0 Å². The summed E-state index contributed by atoms with van der Waals surface area (Å²) in [6, 6.07) is 8.40. The average molecular weight is 299 g/mol. The van der Waals surface area contributed by atoms with Crippen LogP contribution in [0.15, 0.2) is 24.3 Å². The second-order valence-electron chi connectivity index (χ2n) is 4.92. The van der Waals surface area contributed by atoms with Crippen LogP contribution < -0.4 is 5.32 Å². The van der Waals surface area contributed by atoms with E-state index in [-0.39, 0.29) is 0 Å². The molecule has 1 rings (SSSR count). The van der Waals surface area contributed by atoms with E-state index in [9.17, 15) is 0 Å². The first-order valence-electron chi connectivity index (χ1n) is 7.43. The van der Waals surface area contributed by atoms with E-state index in [2.05, 4.69) is 30.3 Å². The monoisotopic (exact) mass is 298 g/mol. The van der Waals surface area contributed by atoms with Gasteiger partial charge in [0.1, 0.15) is 0 Å². The Bertz CT molecular complexity index is 373. The molecule has 0 aromatic heterocycles. The number of nitrogens with zero attached hydrogens (tertiary/aromatic N) is 1. The molecule has 0 saturated carbocycles. The summed E-state index contributed by atoms with van der Waals surface area (Å²) in [5.41, 5.74) is 1.19. The molecule has 0 radical (unpaired) electrons. The molecular weight excluding hydrogens is 272 g/mol. The van der Waals surface area contributed by atoms with Crippen LogP contribution in [-0.4, -0.2) is 44.8 Å². The van der Waals surface area contributed by atoms with Crippen LogP contribution in [0.25, 0.3) is 0 Å². The van der Waals surface area contributed by atoms with Crippen molar-refractivity contribution in [2.75, 3.05) is 39.9 Å². The van der Waals surface area contributed by atoms with Gasteiger partial charge in [-0.15, -0.1) is 0 Å². The highest BCUT2D eigenvalue weighted by atomic mass is 35.5. The van der Waals surface area contributed by atoms with E-state index in [1.165, 1.54) is 5.56 Å². The molecule has 1 aromatic carbocycles. The number of ether oxygens (including phenoxy) is 1. The lowest BCUT2D eigenvalue weighted by Gasteiger charge is -2.23. The summed E-state index contributed by atoms with van der Waals surface area (Å²) < 4.78 is 5.38. The molecule has 0 aliphatic carbocycles. The number of hydrogen-bond donors (Lipinski definition) is 1. The zero-order chi connectivity index (χ0) is 14.8. The second kappa shape index (κ2) is 10.2. The van der Waals surface area contributed by atoms with E-state index in [1.54, 1.807) is 0 Å². The maximum Gasteiger partial charge on any atom is 0.0593 e. The molecular formula is C16H27ClN2O. The Hall–Kier alpha value is -0.610. The van der Waals surface area contributed by atoms with Gasteiger partial charge in [0.2, 0.25) is 0 Å². The van der Waals surface area contributed by atoms with Crippen molar-refractivity contribution in [3.8, 4) is 0 Å². The number of halogens is 1. The minimum Gasteiger partial charge on any atom is -0.380 e. The smallest absolute Gasteiger partial charge is 0.0593 e. The normalized spacial score (nSPS) is 12.8. The predicted molar refractivity (Wildman–Crippen MR) is 86.5 cm³/mol. The summed E-state index contributed by atoms with van der Waals surface area (Å²) in [6.07, 6.45) is 1.04. The topological polar surface area (TPSA) is 24.5 Å². The molecule has 1 N–H and O–H groups in total. The van der Waals surface area contributed by atoms with Crippen molar-refractivity contribution in [1.82, 2.24) is 10.2 Å². The van der Waals surface area contributed by atoms with Gasteiger partial charge in [0.05, 0.1) is 6.61 Å². The molecule has 114 valence electrons. The Balaban J connectivity index is 2.49. The molecule has 20 heavy (non-hydrogen) atoms. The molecule has 3 nitrogen and oxygen atoms in total. The third-order valence-corrected chi connectivity index (χ3v) is 3.70. The van der Waals surface area contributed by atoms with Crippen molar-refractivity contribution < 1.29 is 4.74 Å². The first kappa shape index (κ1) is 17.4. The standard InChI is InChI=1S/C16H27ClN2O/c1-4-18-16(14-8-6-7-9-15(14)17)10-11-19(3)12-13-20-5-2/h6-9,16,18H,4-5,10-13H2,1-3H3. The number of benzene rings is 1. The molecule has 0 spiro atoms. The molecule has 1 aromatic rings. The third-order valence-electron chi connectivity index (χ3n) is 3.35. The largest absolute Gasteiger partial charge is 0.380 e. The molecule has 0 heterocycles. The van der Waals surface area contributed by atoms with Crippen molar-refractivity contribution in [3.63, 3.8) is 0 Å². The van der Waals surface area contributed by atoms with E-state index in [0.29, 0.717) is 6.04 Å². The fourth-order valence-corrected chi connectivity index (χ4v) is 2.47. The van der Waals surface area contributed by atoms with Crippen molar-refractivity contribution in [3.05, 3.63) is 34.9 Å². The first-order valence-corrected chi connectivity index (χ1v) is 7.80. The van der Waals surface area contributed by atoms with Crippen molar-refractivity contribution in [1.29, 1.82) is 0 Å². The fraction of sp³-hybridized carbons (Fsp3) is 0.625. The Morgan fingerprint density at radius 3 is 2.65 bits per heavy atom.